The van der Waals surface area contributed by atoms with E-state index in [-0.39, 0.29) is 18.2 Å². The number of piperidine rings is 1. The largest absolute Gasteiger partial charge is 0.339 e. The van der Waals surface area contributed by atoms with Crippen LogP contribution in [0.5, 0.6) is 0 Å². The first-order valence-electron chi connectivity index (χ1n) is 13.2. The molecule has 196 valence electrons. The van der Waals surface area contributed by atoms with Crippen molar-refractivity contribution < 1.29 is 14.4 Å². The number of imidazole rings is 1. The van der Waals surface area contributed by atoms with Crippen LogP contribution in [0.1, 0.15) is 28.8 Å². The van der Waals surface area contributed by atoms with Crippen molar-refractivity contribution in [1.29, 1.82) is 0 Å². The Kier molecular flexibility index (Phi) is 5.66. The highest BCUT2D eigenvalue weighted by molar-refractivity contribution is 6.05. The maximum atomic E-state index is 13.2. The fraction of sp³-hybridized carbons (Fsp3) is 0.125. The molecule has 0 aliphatic carbocycles. The van der Waals surface area contributed by atoms with E-state index in [1.54, 1.807) is 4.90 Å². The predicted molar refractivity (Wildman–Crippen MR) is 152 cm³/mol. The normalized spacial score (nSPS) is 16.8. The molecule has 1 fully saturated rings. The van der Waals surface area contributed by atoms with Gasteiger partial charge in [0, 0.05) is 41.5 Å². The zero-order chi connectivity index (χ0) is 27.2. The lowest BCUT2D eigenvalue weighted by atomic mass is 10.0. The summed E-state index contributed by atoms with van der Waals surface area (Å²) in [4.78, 5) is 43.8. The van der Waals surface area contributed by atoms with Crippen LogP contribution in [-0.4, -0.2) is 38.0 Å². The summed E-state index contributed by atoms with van der Waals surface area (Å²) in [5, 5.41) is 6.01. The Morgan fingerprint density at radius 1 is 0.825 bits per heavy atom. The average Bonchev–Trinajstić information content (AvgIpc) is 3.51. The quantitative estimate of drug-likeness (QED) is 0.308. The zero-order valence-corrected chi connectivity index (χ0v) is 21.5. The molecule has 1 atom stereocenters. The summed E-state index contributed by atoms with van der Waals surface area (Å²) in [7, 11) is 0. The molecule has 4 heterocycles. The van der Waals surface area contributed by atoms with Crippen LogP contribution >= 0.6 is 0 Å². The molecule has 0 radical (unpaired) electrons. The van der Waals surface area contributed by atoms with E-state index in [9.17, 15) is 14.4 Å². The van der Waals surface area contributed by atoms with Gasteiger partial charge in [-0.3, -0.25) is 24.1 Å². The Morgan fingerprint density at radius 3 is 2.48 bits per heavy atom. The number of para-hydroxylation sites is 1. The molecule has 8 heteroatoms. The molecule has 0 bridgehead atoms. The van der Waals surface area contributed by atoms with E-state index in [0.29, 0.717) is 18.5 Å². The van der Waals surface area contributed by atoms with Crippen molar-refractivity contribution in [2.45, 2.75) is 25.4 Å². The molecular weight excluding hydrogens is 502 g/mol. The van der Waals surface area contributed by atoms with Gasteiger partial charge in [-0.05, 0) is 47.9 Å². The van der Waals surface area contributed by atoms with E-state index in [1.165, 1.54) is 0 Å². The van der Waals surface area contributed by atoms with Gasteiger partial charge in [0.2, 0.25) is 11.8 Å². The third kappa shape index (κ3) is 4.01. The predicted octanol–water partition coefficient (Wildman–Crippen LogP) is 5.17. The monoisotopic (exact) mass is 527 g/mol. The molecule has 7 rings (SSSR count). The first-order valence-corrected chi connectivity index (χ1v) is 13.2. The number of hydrogen-bond donors (Lipinski definition) is 2. The molecule has 40 heavy (non-hydrogen) atoms. The number of pyridine rings is 1. The Balaban J connectivity index is 1.28. The zero-order valence-electron chi connectivity index (χ0n) is 21.5. The number of anilines is 2. The van der Waals surface area contributed by atoms with Gasteiger partial charge in [-0.2, -0.15) is 0 Å². The molecule has 1 unspecified atom stereocenters. The number of amides is 3. The standard InChI is InChI=1S/C32H25N5O3/c38-28-16-15-26(31(39)35-28)37-19-22-18-21(13-14-24(22)32(37)40)29-30(36-17-7-6-12-27(36)34-29)33-25-11-5-4-10-23(25)20-8-2-1-3-9-20/h1-14,17-18,26,33H,15-16,19H2,(H,35,38,39). The van der Waals surface area contributed by atoms with Crippen LogP contribution in [0.4, 0.5) is 11.5 Å². The van der Waals surface area contributed by atoms with Crippen molar-refractivity contribution in [3.8, 4) is 22.4 Å². The molecule has 2 aliphatic heterocycles. The molecule has 0 spiro atoms. The van der Waals surface area contributed by atoms with Gasteiger partial charge < -0.3 is 10.2 Å². The van der Waals surface area contributed by atoms with Gasteiger partial charge in [-0.15, -0.1) is 0 Å². The highest BCUT2D eigenvalue weighted by Crippen LogP contribution is 2.37. The average molecular weight is 528 g/mol. The number of benzene rings is 3. The molecule has 0 saturated carbocycles. The van der Waals surface area contributed by atoms with Crippen LogP contribution in [0.25, 0.3) is 28.0 Å². The van der Waals surface area contributed by atoms with Crippen LogP contribution < -0.4 is 10.6 Å². The number of carbonyl (C=O) groups is 3. The van der Waals surface area contributed by atoms with E-state index < -0.39 is 11.9 Å². The van der Waals surface area contributed by atoms with Crippen LogP contribution in [0.15, 0.2) is 97.2 Å². The Labute approximate surface area is 230 Å². The number of imide groups is 1. The second kappa shape index (κ2) is 9.50. The highest BCUT2D eigenvalue weighted by atomic mass is 16.2. The lowest BCUT2D eigenvalue weighted by Crippen LogP contribution is -2.52. The fourth-order valence-corrected chi connectivity index (χ4v) is 5.63. The van der Waals surface area contributed by atoms with E-state index in [2.05, 4.69) is 28.8 Å². The lowest BCUT2D eigenvalue weighted by Gasteiger charge is -2.29. The molecule has 2 aliphatic rings. The number of nitrogens with zero attached hydrogens (tertiary/aromatic N) is 3. The van der Waals surface area contributed by atoms with Crippen LogP contribution in [-0.2, 0) is 16.1 Å². The Bertz CT molecular complexity index is 1810. The van der Waals surface area contributed by atoms with Gasteiger partial charge in [0.15, 0.2) is 0 Å². The second-order valence-electron chi connectivity index (χ2n) is 10.0. The number of hydrogen-bond acceptors (Lipinski definition) is 5. The summed E-state index contributed by atoms with van der Waals surface area (Å²) >= 11 is 0. The van der Waals surface area contributed by atoms with E-state index >= 15 is 0 Å². The minimum absolute atomic E-state index is 0.193. The van der Waals surface area contributed by atoms with Crippen LogP contribution in [0, 0.1) is 0 Å². The number of carbonyl (C=O) groups excluding carboxylic acids is 3. The van der Waals surface area contributed by atoms with E-state index in [0.717, 1.165) is 45.1 Å². The Morgan fingerprint density at radius 2 is 1.62 bits per heavy atom. The Hall–Kier alpha value is -5.24. The third-order valence-corrected chi connectivity index (χ3v) is 7.59. The minimum Gasteiger partial charge on any atom is -0.339 e. The van der Waals surface area contributed by atoms with E-state index in [1.807, 2.05) is 83.4 Å². The molecule has 8 nitrogen and oxygen atoms in total. The van der Waals surface area contributed by atoms with Gasteiger partial charge in [0.25, 0.3) is 5.91 Å². The van der Waals surface area contributed by atoms with Crippen molar-refractivity contribution in [3.05, 3.63) is 108 Å². The van der Waals surface area contributed by atoms with Crippen molar-refractivity contribution >= 4 is 34.9 Å². The van der Waals surface area contributed by atoms with Gasteiger partial charge in [0.05, 0.1) is 0 Å². The topological polar surface area (TPSA) is 95.8 Å². The summed E-state index contributed by atoms with van der Waals surface area (Å²) in [6.07, 6.45) is 2.53. The van der Waals surface area contributed by atoms with Crippen molar-refractivity contribution in [1.82, 2.24) is 19.6 Å². The van der Waals surface area contributed by atoms with E-state index in [4.69, 9.17) is 4.98 Å². The molecular formula is C32H25N5O3. The summed E-state index contributed by atoms with van der Waals surface area (Å²) in [6, 6.07) is 29.3. The van der Waals surface area contributed by atoms with Crippen LogP contribution in [0.3, 0.4) is 0 Å². The molecule has 2 aromatic heterocycles. The van der Waals surface area contributed by atoms with Crippen molar-refractivity contribution in [2.75, 3.05) is 5.32 Å². The van der Waals surface area contributed by atoms with Gasteiger partial charge in [-0.25, -0.2) is 4.98 Å². The number of aromatic nitrogens is 2. The second-order valence-corrected chi connectivity index (χ2v) is 10.0. The minimum atomic E-state index is -0.650. The molecule has 1 saturated heterocycles. The van der Waals surface area contributed by atoms with Crippen molar-refractivity contribution in [2.24, 2.45) is 0 Å². The highest BCUT2D eigenvalue weighted by Gasteiger charge is 2.39. The number of fused-ring (bicyclic) bond motifs is 2. The van der Waals surface area contributed by atoms with Gasteiger partial charge in [-0.1, -0.05) is 60.7 Å². The molecule has 5 aromatic rings. The van der Waals surface area contributed by atoms with Gasteiger partial charge >= 0.3 is 0 Å². The molecule has 3 aromatic carbocycles. The first kappa shape index (κ1) is 23.8. The first-order chi connectivity index (χ1) is 19.6. The smallest absolute Gasteiger partial charge is 0.255 e. The number of nitrogens with one attached hydrogen (secondary N) is 2. The fourth-order valence-electron chi connectivity index (χ4n) is 5.63. The SMILES string of the molecule is O=C1CCC(N2Cc3cc(-c4nc5ccccn5c4Nc4ccccc4-c4ccccc4)ccc3C2=O)C(=O)N1. The maximum Gasteiger partial charge on any atom is 0.255 e. The van der Waals surface area contributed by atoms with Crippen molar-refractivity contribution in [3.63, 3.8) is 0 Å². The number of rotatable bonds is 5. The molecule has 2 N–H and O–H groups in total. The summed E-state index contributed by atoms with van der Waals surface area (Å²) in [5.41, 5.74) is 6.93. The summed E-state index contributed by atoms with van der Waals surface area (Å²) in [5.74, 6) is -0.0959. The summed E-state index contributed by atoms with van der Waals surface area (Å²) < 4.78 is 2.02. The van der Waals surface area contributed by atoms with Gasteiger partial charge in [0.1, 0.15) is 23.2 Å². The molecule has 3 amide bonds. The lowest BCUT2D eigenvalue weighted by molar-refractivity contribution is -0.136. The summed E-state index contributed by atoms with van der Waals surface area (Å²) in [6.45, 7) is 0.307. The third-order valence-electron chi connectivity index (χ3n) is 7.59. The van der Waals surface area contributed by atoms with Crippen LogP contribution in [0.2, 0.25) is 0 Å². The maximum absolute atomic E-state index is 13.2.